The molecule has 1 heterocycles. The van der Waals surface area contributed by atoms with E-state index in [2.05, 4.69) is 20.9 Å². The number of carbonyl (C=O) groups is 1. The molecule has 0 bridgehead atoms. The second-order valence-corrected chi connectivity index (χ2v) is 4.98. The number of thiazole rings is 1. The highest BCUT2D eigenvalue weighted by Gasteiger charge is 2.11. The van der Waals surface area contributed by atoms with E-state index in [0.29, 0.717) is 6.42 Å². The summed E-state index contributed by atoms with van der Waals surface area (Å²) in [6.07, 6.45) is 2.17. The molecule has 1 rings (SSSR count). The molecule has 0 fully saturated rings. The van der Waals surface area contributed by atoms with Gasteiger partial charge < -0.3 is 10.8 Å². The van der Waals surface area contributed by atoms with E-state index in [0.717, 1.165) is 8.79 Å². The van der Waals surface area contributed by atoms with Gasteiger partial charge in [-0.3, -0.25) is 4.79 Å². The van der Waals surface area contributed by atoms with Crippen molar-refractivity contribution in [2.75, 3.05) is 0 Å². The van der Waals surface area contributed by atoms with E-state index in [1.807, 2.05) is 0 Å². The second-order valence-electron chi connectivity index (χ2n) is 2.54. The number of carboxylic acids is 1. The van der Waals surface area contributed by atoms with Crippen molar-refractivity contribution in [3.8, 4) is 0 Å². The first-order valence-corrected chi connectivity index (χ1v) is 5.29. The zero-order valence-electron chi connectivity index (χ0n) is 6.74. The van der Waals surface area contributed by atoms with E-state index < -0.39 is 5.97 Å². The molecule has 0 aliphatic heterocycles. The minimum atomic E-state index is -0.828. The Balaban J connectivity index is 2.48. The SMILES string of the molecule is NC(CCC(=O)O)c1ncc(Br)s1. The van der Waals surface area contributed by atoms with E-state index in [4.69, 9.17) is 10.8 Å². The van der Waals surface area contributed by atoms with Crippen LogP contribution in [0, 0.1) is 0 Å². The molecule has 6 heteroatoms. The molecule has 3 N–H and O–H groups in total. The Labute approximate surface area is 87.9 Å². The van der Waals surface area contributed by atoms with Gasteiger partial charge in [0, 0.05) is 6.42 Å². The molecule has 1 unspecified atom stereocenters. The van der Waals surface area contributed by atoms with Crippen LogP contribution in [0.15, 0.2) is 9.98 Å². The van der Waals surface area contributed by atoms with Crippen molar-refractivity contribution >= 4 is 33.2 Å². The average Bonchev–Trinajstić information content (AvgIpc) is 2.47. The van der Waals surface area contributed by atoms with Crippen LogP contribution in [0.25, 0.3) is 0 Å². The Kier molecular flexibility index (Phi) is 3.83. The molecule has 0 aliphatic carbocycles. The standard InChI is InChI=1S/C7H9BrN2O2S/c8-5-3-10-7(13-5)4(9)1-2-6(11)12/h3-4H,1-2,9H2,(H,11,12). The van der Waals surface area contributed by atoms with E-state index in [1.54, 1.807) is 6.20 Å². The molecular weight excluding hydrogens is 256 g/mol. The van der Waals surface area contributed by atoms with Crippen molar-refractivity contribution in [1.82, 2.24) is 4.98 Å². The highest BCUT2D eigenvalue weighted by atomic mass is 79.9. The van der Waals surface area contributed by atoms with Crippen LogP contribution in [0.5, 0.6) is 0 Å². The number of carboxylic acid groups (broad SMARTS) is 1. The molecule has 0 saturated carbocycles. The summed E-state index contributed by atoms with van der Waals surface area (Å²) >= 11 is 4.70. The normalized spacial score (nSPS) is 12.8. The van der Waals surface area contributed by atoms with Gasteiger partial charge in [0.05, 0.1) is 16.0 Å². The number of rotatable bonds is 4. The third-order valence-electron chi connectivity index (χ3n) is 1.48. The third-order valence-corrected chi connectivity index (χ3v) is 3.09. The molecule has 0 aliphatic rings. The van der Waals surface area contributed by atoms with Gasteiger partial charge >= 0.3 is 5.97 Å². The molecule has 13 heavy (non-hydrogen) atoms. The predicted molar refractivity (Wildman–Crippen MR) is 53.6 cm³/mol. The fraction of sp³-hybridized carbons (Fsp3) is 0.429. The second kappa shape index (κ2) is 4.69. The number of aromatic nitrogens is 1. The van der Waals surface area contributed by atoms with Gasteiger partial charge in [0.15, 0.2) is 0 Å². The quantitative estimate of drug-likeness (QED) is 0.869. The Morgan fingerprint density at radius 1 is 1.85 bits per heavy atom. The summed E-state index contributed by atoms with van der Waals surface area (Å²) in [5, 5.41) is 9.20. The van der Waals surface area contributed by atoms with Crippen LogP contribution in [0.4, 0.5) is 0 Å². The molecule has 0 spiro atoms. The van der Waals surface area contributed by atoms with Crippen molar-refractivity contribution in [3.05, 3.63) is 15.0 Å². The van der Waals surface area contributed by atoms with Crippen LogP contribution in [-0.2, 0) is 4.79 Å². The Morgan fingerprint density at radius 3 is 3.00 bits per heavy atom. The van der Waals surface area contributed by atoms with Gasteiger partial charge in [-0.2, -0.15) is 0 Å². The highest BCUT2D eigenvalue weighted by Crippen LogP contribution is 2.25. The van der Waals surface area contributed by atoms with Gasteiger partial charge in [-0.25, -0.2) is 4.98 Å². The predicted octanol–water partition coefficient (Wildman–Crippen LogP) is 1.77. The summed E-state index contributed by atoms with van der Waals surface area (Å²) in [6.45, 7) is 0. The van der Waals surface area contributed by atoms with Gasteiger partial charge in [0.25, 0.3) is 0 Å². The van der Waals surface area contributed by atoms with Crippen molar-refractivity contribution in [2.45, 2.75) is 18.9 Å². The lowest BCUT2D eigenvalue weighted by molar-refractivity contribution is -0.137. The lowest BCUT2D eigenvalue weighted by Gasteiger charge is -2.04. The molecule has 72 valence electrons. The van der Waals surface area contributed by atoms with Gasteiger partial charge in [-0.05, 0) is 22.4 Å². The number of hydrogen-bond acceptors (Lipinski definition) is 4. The Hall–Kier alpha value is -0.460. The van der Waals surface area contributed by atoms with Crippen LogP contribution in [0.1, 0.15) is 23.9 Å². The first-order valence-electron chi connectivity index (χ1n) is 3.68. The van der Waals surface area contributed by atoms with E-state index in [-0.39, 0.29) is 12.5 Å². The lowest BCUT2D eigenvalue weighted by atomic mass is 10.2. The number of aliphatic carboxylic acids is 1. The van der Waals surface area contributed by atoms with Crippen molar-refractivity contribution < 1.29 is 9.90 Å². The van der Waals surface area contributed by atoms with Crippen LogP contribution in [0.2, 0.25) is 0 Å². The first kappa shape index (κ1) is 10.6. The van der Waals surface area contributed by atoms with E-state index >= 15 is 0 Å². The Morgan fingerprint density at radius 2 is 2.54 bits per heavy atom. The molecule has 1 aromatic rings. The fourth-order valence-corrected chi connectivity index (χ4v) is 2.12. The van der Waals surface area contributed by atoms with Crippen molar-refractivity contribution in [2.24, 2.45) is 5.73 Å². The summed E-state index contributed by atoms with van der Waals surface area (Å²) in [5.41, 5.74) is 5.72. The molecule has 0 aromatic carbocycles. The van der Waals surface area contributed by atoms with Crippen LogP contribution >= 0.6 is 27.3 Å². The molecule has 0 amide bonds. The molecular formula is C7H9BrN2O2S. The number of nitrogens with zero attached hydrogens (tertiary/aromatic N) is 1. The lowest BCUT2D eigenvalue weighted by Crippen LogP contribution is -2.11. The zero-order chi connectivity index (χ0) is 9.84. The van der Waals surface area contributed by atoms with Crippen molar-refractivity contribution in [3.63, 3.8) is 0 Å². The maximum atomic E-state index is 10.3. The van der Waals surface area contributed by atoms with Crippen LogP contribution in [-0.4, -0.2) is 16.1 Å². The minimum Gasteiger partial charge on any atom is -0.481 e. The van der Waals surface area contributed by atoms with Crippen LogP contribution < -0.4 is 5.73 Å². The van der Waals surface area contributed by atoms with Crippen LogP contribution in [0.3, 0.4) is 0 Å². The number of halogens is 1. The molecule has 1 atom stereocenters. The monoisotopic (exact) mass is 264 g/mol. The zero-order valence-corrected chi connectivity index (χ0v) is 9.14. The summed E-state index contributed by atoms with van der Waals surface area (Å²) in [7, 11) is 0. The summed E-state index contributed by atoms with van der Waals surface area (Å²) in [6, 6.07) is -0.271. The maximum Gasteiger partial charge on any atom is 0.303 e. The van der Waals surface area contributed by atoms with Gasteiger partial charge in [0.1, 0.15) is 5.01 Å². The molecule has 0 radical (unpaired) electrons. The summed E-state index contributed by atoms with van der Waals surface area (Å²) in [5.74, 6) is -0.828. The smallest absolute Gasteiger partial charge is 0.303 e. The van der Waals surface area contributed by atoms with E-state index in [1.165, 1.54) is 11.3 Å². The maximum absolute atomic E-state index is 10.3. The average molecular weight is 265 g/mol. The van der Waals surface area contributed by atoms with Gasteiger partial charge in [-0.15, -0.1) is 11.3 Å². The largest absolute Gasteiger partial charge is 0.481 e. The minimum absolute atomic E-state index is 0.0817. The fourth-order valence-electron chi connectivity index (χ4n) is 0.841. The first-order chi connectivity index (χ1) is 6.09. The number of nitrogens with two attached hydrogens (primary N) is 1. The van der Waals surface area contributed by atoms with E-state index in [9.17, 15) is 4.79 Å². The van der Waals surface area contributed by atoms with Gasteiger partial charge in [-0.1, -0.05) is 0 Å². The molecule has 0 saturated heterocycles. The molecule has 1 aromatic heterocycles. The summed E-state index contributed by atoms with van der Waals surface area (Å²) in [4.78, 5) is 14.3. The van der Waals surface area contributed by atoms with Crippen molar-refractivity contribution in [1.29, 1.82) is 0 Å². The number of hydrogen-bond donors (Lipinski definition) is 2. The third kappa shape index (κ3) is 3.41. The molecule has 4 nitrogen and oxygen atoms in total. The Bertz CT molecular complexity index is 302. The topological polar surface area (TPSA) is 76.2 Å². The highest BCUT2D eigenvalue weighted by molar-refractivity contribution is 9.11. The van der Waals surface area contributed by atoms with Gasteiger partial charge in [0.2, 0.25) is 0 Å². The summed E-state index contributed by atoms with van der Waals surface area (Å²) < 4.78 is 0.910.